The summed E-state index contributed by atoms with van der Waals surface area (Å²) in [5.74, 6) is -3.60. The maximum atomic E-state index is 12.7. The molecule has 14 heteroatoms. The maximum absolute atomic E-state index is 12.7. The van der Waals surface area contributed by atoms with Crippen molar-refractivity contribution >= 4 is 33.5 Å². The number of pyridine rings is 1. The number of likely N-dealkylation sites (N-methyl/N-ethyl adjacent to an activating group) is 2. The number of rotatable bonds is 9. The zero-order valence-corrected chi connectivity index (χ0v) is 21.2. The van der Waals surface area contributed by atoms with Crippen LogP contribution in [0.25, 0.3) is 0 Å². The second-order valence-corrected chi connectivity index (χ2v) is 9.70. The molecular formula is C22H29F3N4O6S. The lowest BCUT2D eigenvalue weighted by Crippen LogP contribution is -2.33. The Labute approximate surface area is 207 Å². The molecule has 0 amide bonds. The second-order valence-electron chi connectivity index (χ2n) is 8.02. The third-order valence-electron chi connectivity index (χ3n) is 4.60. The maximum Gasteiger partial charge on any atom is 0.490 e. The van der Waals surface area contributed by atoms with E-state index >= 15 is 0 Å². The molecule has 0 atom stereocenters. The van der Waals surface area contributed by atoms with Crippen LogP contribution < -0.4 is 9.62 Å². The minimum atomic E-state index is -5.08. The van der Waals surface area contributed by atoms with Crippen LogP contribution in [0.2, 0.25) is 0 Å². The highest BCUT2D eigenvalue weighted by molar-refractivity contribution is 7.92. The Morgan fingerprint density at radius 1 is 1.03 bits per heavy atom. The molecule has 0 aliphatic heterocycles. The molecular weight excluding hydrogens is 505 g/mol. The summed E-state index contributed by atoms with van der Waals surface area (Å²) in [6.45, 7) is 7.46. The minimum Gasteiger partial charge on any atom is -0.478 e. The normalized spacial score (nSPS) is 11.5. The molecule has 36 heavy (non-hydrogen) atoms. The second kappa shape index (κ2) is 12.5. The van der Waals surface area contributed by atoms with Crippen LogP contribution in [-0.2, 0) is 14.8 Å². The molecule has 1 aromatic heterocycles. The smallest absolute Gasteiger partial charge is 0.478 e. The number of hydrogen-bond acceptors (Lipinski definition) is 7. The first-order chi connectivity index (χ1) is 16.5. The fourth-order valence-corrected chi connectivity index (χ4v) is 4.18. The number of alkyl halides is 3. The molecule has 0 fully saturated rings. The average Bonchev–Trinajstić information content (AvgIpc) is 2.73. The minimum absolute atomic E-state index is 0.0498. The third-order valence-corrected chi connectivity index (χ3v) is 5.96. The summed E-state index contributed by atoms with van der Waals surface area (Å²) in [5.41, 5.74) is 1.70. The first kappa shape index (κ1) is 30.6. The number of aromatic carboxylic acids is 1. The fraction of sp³-hybridized carbons (Fsp3) is 0.409. The van der Waals surface area contributed by atoms with Gasteiger partial charge in [0.25, 0.3) is 10.0 Å². The van der Waals surface area contributed by atoms with Crippen molar-refractivity contribution in [1.82, 2.24) is 9.88 Å². The van der Waals surface area contributed by atoms with E-state index in [0.717, 1.165) is 17.7 Å². The molecule has 0 saturated heterocycles. The van der Waals surface area contributed by atoms with Crippen LogP contribution in [0.3, 0.4) is 0 Å². The number of carboxylic acid groups (broad SMARTS) is 2. The number of nitrogens with one attached hydrogen (secondary N) is 1. The third kappa shape index (κ3) is 9.34. The van der Waals surface area contributed by atoms with Gasteiger partial charge in [0.05, 0.1) is 16.8 Å². The standard InChI is InChI=1S/C20H28N4O4S.C2HF3O2/c1-6-24(8-7-23(4)5)19-18(20(25)26)12-16(13-21-19)22-29(27,28)17-10-14(2)9-15(3)11-17;3-2(4,5)1(6)7/h9-13,22H,6-8H2,1-5H3,(H,25,26);(H,6,7). The summed E-state index contributed by atoms with van der Waals surface area (Å²) in [7, 11) is 0.00545. The number of benzene rings is 1. The molecule has 200 valence electrons. The van der Waals surface area contributed by atoms with Gasteiger partial charge in [0, 0.05) is 19.6 Å². The molecule has 3 N–H and O–H groups in total. The van der Waals surface area contributed by atoms with Gasteiger partial charge >= 0.3 is 18.1 Å². The summed E-state index contributed by atoms with van der Waals surface area (Å²) in [5, 5.41) is 16.8. The Hall–Kier alpha value is -3.39. The van der Waals surface area contributed by atoms with Gasteiger partial charge in [0.15, 0.2) is 0 Å². The van der Waals surface area contributed by atoms with Crippen molar-refractivity contribution in [3.8, 4) is 0 Å². The quantitative estimate of drug-likeness (QED) is 0.442. The lowest BCUT2D eigenvalue weighted by Gasteiger charge is -2.25. The molecule has 0 spiro atoms. The van der Waals surface area contributed by atoms with Gasteiger partial charge in [0.1, 0.15) is 11.4 Å². The van der Waals surface area contributed by atoms with Crippen molar-refractivity contribution in [1.29, 1.82) is 0 Å². The molecule has 2 rings (SSSR count). The van der Waals surface area contributed by atoms with Crippen molar-refractivity contribution < 1.29 is 41.4 Å². The SMILES string of the molecule is CCN(CCN(C)C)c1ncc(NS(=O)(=O)c2cc(C)cc(C)c2)cc1C(=O)O.O=C(O)C(F)(F)F. The van der Waals surface area contributed by atoms with E-state index in [-0.39, 0.29) is 16.1 Å². The molecule has 0 aliphatic rings. The molecule has 1 heterocycles. The highest BCUT2D eigenvalue weighted by Gasteiger charge is 2.38. The topological polar surface area (TPSA) is 140 Å². The highest BCUT2D eigenvalue weighted by atomic mass is 32.2. The van der Waals surface area contributed by atoms with Crippen molar-refractivity contribution in [2.24, 2.45) is 0 Å². The number of carbonyl (C=O) groups is 2. The number of sulfonamides is 1. The lowest BCUT2D eigenvalue weighted by atomic mass is 10.2. The zero-order chi connectivity index (χ0) is 27.8. The van der Waals surface area contributed by atoms with Crippen molar-refractivity contribution in [2.75, 3.05) is 43.4 Å². The van der Waals surface area contributed by atoms with Gasteiger partial charge < -0.3 is 20.0 Å². The Bertz CT molecular complexity index is 1170. The van der Waals surface area contributed by atoms with Crippen LogP contribution in [-0.4, -0.2) is 80.4 Å². The van der Waals surface area contributed by atoms with E-state index in [1.807, 2.05) is 50.7 Å². The predicted molar refractivity (Wildman–Crippen MR) is 128 cm³/mol. The zero-order valence-electron chi connectivity index (χ0n) is 20.4. The van der Waals surface area contributed by atoms with Crippen LogP contribution in [0.4, 0.5) is 24.7 Å². The largest absolute Gasteiger partial charge is 0.490 e. The summed E-state index contributed by atoms with van der Waals surface area (Å²) < 4.78 is 59.6. The van der Waals surface area contributed by atoms with E-state index in [0.29, 0.717) is 18.9 Å². The van der Waals surface area contributed by atoms with E-state index in [9.17, 15) is 31.5 Å². The van der Waals surface area contributed by atoms with Gasteiger partial charge in [-0.1, -0.05) is 6.07 Å². The van der Waals surface area contributed by atoms with E-state index in [1.165, 1.54) is 12.3 Å². The number of aliphatic carboxylic acids is 1. The van der Waals surface area contributed by atoms with Gasteiger partial charge in [-0.3, -0.25) is 4.72 Å². The lowest BCUT2D eigenvalue weighted by molar-refractivity contribution is -0.192. The number of anilines is 2. The molecule has 0 bridgehead atoms. The van der Waals surface area contributed by atoms with Crippen molar-refractivity contribution in [2.45, 2.75) is 31.8 Å². The summed E-state index contributed by atoms with van der Waals surface area (Å²) in [6.07, 6.45) is -3.74. The molecule has 10 nitrogen and oxygen atoms in total. The Kier molecular flexibility index (Phi) is 10.7. The van der Waals surface area contributed by atoms with Gasteiger partial charge in [-0.25, -0.2) is 23.0 Å². The number of nitrogens with zero attached hydrogens (tertiary/aromatic N) is 3. The van der Waals surface area contributed by atoms with Gasteiger partial charge in [0.2, 0.25) is 0 Å². The van der Waals surface area contributed by atoms with E-state index < -0.39 is 28.1 Å². The molecule has 0 aliphatic carbocycles. The number of carboxylic acids is 2. The van der Waals surface area contributed by atoms with Crippen LogP contribution >= 0.6 is 0 Å². The monoisotopic (exact) mass is 534 g/mol. The van der Waals surface area contributed by atoms with Gasteiger partial charge in [-0.05, 0) is 64.2 Å². The van der Waals surface area contributed by atoms with E-state index in [4.69, 9.17) is 9.90 Å². The molecule has 0 unspecified atom stereocenters. The number of aromatic nitrogens is 1. The van der Waals surface area contributed by atoms with Gasteiger partial charge in [-0.2, -0.15) is 13.2 Å². The van der Waals surface area contributed by atoms with Crippen LogP contribution in [0.15, 0.2) is 35.4 Å². The van der Waals surface area contributed by atoms with Crippen LogP contribution in [0.1, 0.15) is 28.4 Å². The van der Waals surface area contributed by atoms with Gasteiger partial charge in [-0.15, -0.1) is 0 Å². The predicted octanol–water partition coefficient (Wildman–Crippen LogP) is 3.22. The van der Waals surface area contributed by atoms with E-state index in [2.05, 4.69) is 9.71 Å². The molecule has 0 saturated carbocycles. The fourth-order valence-electron chi connectivity index (χ4n) is 2.96. The van der Waals surface area contributed by atoms with Crippen LogP contribution in [0, 0.1) is 13.8 Å². The van der Waals surface area contributed by atoms with E-state index in [1.54, 1.807) is 12.1 Å². The number of aryl methyl sites for hydroxylation is 2. The summed E-state index contributed by atoms with van der Waals surface area (Å²) >= 11 is 0. The molecule has 1 aromatic carbocycles. The Balaban J connectivity index is 0.000000809. The van der Waals surface area contributed by atoms with Crippen molar-refractivity contribution in [3.05, 3.63) is 47.2 Å². The van der Waals surface area contributed by atoms with Crippen molar-refractivity contribution in [3.63, 3.8) is 0 Å². The average molecular weight is 535 g/mol. The summed E-state index contributed by atoms with van der Waals surface area (Å²) in [6, 6.07) is 6.32. The number of hydrogen-bond donors (Lipinski definition) is 3. The first-order valence-corrected chi connectivity index (χ1v) is 12.0. The first-order valence-electron chi connectivity index (χ1n) is 10.5. The Morgan fingerprint density at radius 2 is 1.56 bits per heavy atom. The Morgan fingerprint density at radius 3 is 1.97 bits per heavy atom. The highest BCUT2D eigenvalue weighted by Crippen LogP contribution is 2.24. The van der Waals surface area contributed by atoms with Crippen LogP contribution in [0.5, 0.6) is 0 Å². The summed E-state index contributed by atoms with van der Waals surface area (Å²) in [4.78, 5) is 28.9. The molecule has 0 radical (unpaired) electrons. The molecule has 2 aromatic rings. The number of halogens is 3.